The second-order valence-corrected chi connectivity index (χ2v) is 8.22. The summed E-state index contributed by atoms with van der Waals surface area (Å²) in [7, 11) is -0.998. The zero-order valence-electron chi connectivity index (χ0n) is 11.3. The van der Waals surface area contributed by atoms with Gasteiger partial charge in [0, 0.05) is 6.42 Å². The van der Waals surface area contributed by atoms with Gasteiger partial charge in [0.05, 0.1) is 0 Å². The van der Waals surface area contributed by atoms with E-state index in [1.54, 1.807) is 0 Å². The Hall–Kier alpha value is -0.263. The van der Waals surface area contributed by atoms with Gasteiger partial charge in [0.25, 0.3) is 0 Å². The van der Waals surface area contributed by atoms with E-state index < -0.39 is 9.04 Å². The first-order chi connectivity index (χ1) is 6.73. The Balaban J connectivity index is 4.42. The van der Waals surface area contributed by atoms with Crippen LogP contribution in [0.2, 0.25) is 13.1 Å². The molecule has 0 radical (unpaired) electrons. The van der Waals surface area contributed by atoms with Gasteiger partial charge < -0.3 is 4.43 Å². The molecule has 0 rings (SSSR count). The third-order valence-corrected chi connectivity index (χ3v) is 2.75. The van der Waals surface area contributed by atoms with Gasteiger partial charge in [0.1, 0.15) is 6.10 Å². The molecular formula is C13H26OSi. The summed E-state index contributed by atoms with van der Waals surface area (Å²) < 4.78 is 5.96. The first kappa shape index (κ1) is 14.7. The lowest BCUT2D eigenvalue weighted by Gasteiger charge is -2.28. The molecule has 0 spiro atoms. The highest BCUT2D eigenvalue weighted by Crippen LogP contribution is 2.22. The van der Waals surface area contributed by atoms with Crippen LogP contribution in [-0.4, -0.2) is 15.1 Å². The topological polar surface area (TPSA) is 9.23 Å². The zero-order chi connectivity index (χ0) is 12.1. The van der Waals surface area contributed by atoms with Gasteiger partial charge in [0.2, 0.25) is 0 Å². The Labute approximate surface area is 97.3 Å². The molecule has 1 atom stereocenters. The predicted octanol–water partition coefficient (Wildman–Crippen LogP) is 3.45. The zero-order valence-corrected chi connectivity index (χ0v) is 12.5. The fourth-order valence-electron chi connectivity index (χ4n) is 1.08. The molecule has 0 saturated heterocycles. The van der Waals surface area contributed by atoms with Crippen LogP contribution in [0.3, 0.4) is 0 Å². The maximum Gasteiger partial charge on any atom is 0.172 e. The molecule has 1 unspecified atom stereocenters. The van der Waals surface area contributed by atoms with E-state index in [1.807, 2.05) is 0 Å². The Morgan fingerprint density at radius 1 is 1.20 bits per heavy atom. The molecule has 0 aromatic heterocycles. The monoisotopic (exact) mass is 226 g/mol. The van der Waals surface area contributed by atoms with Crippen molar-refractivity contribution in [2.24, 2.45) is 11.3 Å². The van der Waals surface area contributed by atoms with E-state index in [-0.39, 0.29) is 11.5 Å². The molecule has 88 valence electrons. The molecule has 0 aromatic carbocycles. The first-order valence-electron chi connectivity index (χ1n) is 5.87. The van der Waals surface area contributed by atoms with E-state index in [0.29, 0.717) is 5.92 Å². The average Bonchev–Trinajstić information content (AvgIpc) is 1.99. The smallest absolute Gasteiger partial charge is 0.172 e. The second-order valence-electron chi connectivity index (χ2n) is 5.85. The lowest BCUT2D eigenvalue weighted by atomic mass is 9.89. The molecule has 0 amide bonds. The van der Waals surface area contributed by atoms with Crippen molar-refractivity contribution in [1.82, 2.24) is 0 Å². The highest BCUT2D eigenvalue weighted by molar-refractivity contribution is 6.48. The Morgan fingerprint density at radius 3 is 2.07 bits per heavy atom. The second kappa shape index (κ2) is 6.35. The van der Waals surface area contributed by atoms with Crippen molar-refractivity contribution in [3.63, 3.8) is 0 Å². The SMILES string of the molecule is CC(C)CC#CC(O[SiH](C)C)C(C)(C)C. The summed E-state index contributed by atoms with van der Waals surface area (Å²) in [4.78, 5) is 0. The van der Waals surface area contributed by atoms with Gasteiger partial charge in [-0.25, -0.2) is 0 Å². The van der Waals surface area contributed by atoms with Crippen molar-refractivity contribution in [3.8, 4) is 11.8 Å². The van der Waals surface area contributed by atoms with Gasteiger partial charge in [-0.15, -0.1) is 5.92 Å². The summed E-state index contributed by atoms with van der Waals surface area (Å²) in [6, 6.07) is 0. The molecule has 0 saturated carbocycles. The predicted molar refractivity (Wildman–Crippen MR) is 70.4 cm³/mol. The van der Waals surface area contributed by atoms with Crippen LogP contribution in [0.15, 0.2) is 0 Å². The van der Waals surface area contributed by atoms with E-state index >= 15 is 0 Å². The maximum atomic E-state index is 5.96. The fraction of sp³-hybridized carbons (Fsp3) is 0.846. The van der Waals surface area contributed by atoms with Gasteiger partial charge in [-0.2, -0.15) is 0 Å². The van der Waals surface area contributed by atoms with Crippen LogP contribution in [0, 0.1) is 23.2 Å². The van der Waals surface area contributed by atoms with Gasteiger partial charge in [-0.3, -0.25) is 0 Å². The summed E-state index contributed by atoms with van der Waals surface area (Å²) in [6.07, 6.45) is 1.07. The highest BCUT2D eigenvalue weighted by Gasteiger charge is 2.24. The summed E-state index contributed by atoms with van der Waals surface area (Å²) >= 11 is 0. The van der Waals surface area contributed by atoms with Crippen LogP contribution in [0.4, 0.5) is 0 Å². The van der Waals surface area contributed by atoms with Gasteiger partial charge in [-0.05, 0) is 24.4 Å². The van der Waals surface area contributed by atoms with Crippen LogP contribution in [0.1, 0.15) is 41.0 Å². The van der Waals surface area contributed by atoms with E-state index in [2.05, 4.69) is 59.6 Å². The molecule has 0 aliphatic rings. The number of rotatable bonds is 3. The molecular weight excluding hydrogens is 200 g/mol. The molecule has 15 heavy (non-hydrogen) atoms. The van der Waals surface area contributed by atoms with Gasteiger partial charge in [0.15, 0.2) is 9.04 Å². The Kier molecular flexibility index (Phi) is 6.24. The fourth-order valence-corrected chi connectivity index (χ4v) is 2.10. The third-order valence-electron chi connectivity index (χ3n) is 1.94. The van der Waals surface area contributed by atoms with Crippen molar-refractivity contribution in [2.45, 2.75) is 60.2 Å². The highest BCUT2D eigenvalue weighted by atomic mass is 28.3. The van der Waals surface area contributed by atoms with Crippen LogP contribution in [-0.2, 0) is 4.43 Å². The number of hydrogen-bond donors (Lipinski definition) is 0. The van der Waals surface area contributed by atoms with Crippen molar-refractivity contribution in [3.05, 3.63) is 0 Å². The third kappa shape index (κ3) is 7.64. The molecule has 1 nitrogen and oxygen atoms in total. The normalized spacial score (nSPS) is 13.9. The van der Waals surface area contributed by atoms with E-state index in [9.17, 15) is 0 Å². The molecule has 0 bridgehead atoms. The largest absolute Gasteiger partial charge is 0.406 e. The van der Waals surface area contributed by atoms with Crippen LogP contribution in [0.25, 0.3) is 0 Å². The van der Waals surface area contributed by atoms with Crippen LogP contribution in [0.5, 0.6) is 0 Å². The molecule has 2 heteroatoms. The summed E-state index contributed by atoms with van der Waals surface area (Å²) in [5.74, 6) is 7.18. The lowest BCUT2D eigenvalue weighted by Crippen LogP contribution is -2.31. The Bertz CT molecular complexity index is 227. The van der Waals surface area contributed by atoms with Crippen molar-refractivity contribution in [1.29, 1.82) is 0 Å². The summed E-state index contributed by atoms with van der Waals surface area (Å²) in [6.45, 7) is 15.4. The first-order valence-corrected chi connectivity index (χ1v) is 8.65. The van der Waals surface area contributed by atoms with Crippen LogP contribution >= 0.6 is 0 Å². The molecule has 0 N–H and O–H groups in total. The molecule has 0 fully saturated rings. The molecule has 0 aliphatic heterocycles. The van der Waals surface area contributed by atoms with Crippen LogP contribution < -0.4 is 0 Å². The van der Waals surface area contributed by atoms with E-state index in [0.717, 1.165) is 6.42 Å². The van der Waals surface area contributed by atoms with E-state index in [4.69, 9.17) is 4.43 Å². The molecule has 0 aromatic rings. The van der Waals surface area contributed by atoms with Gasteiger partial charge >= 0.3 is 0 Å². The van der Waals surface area contributed by atoms with Gasteiger partial charge in [-0.1, -0.05) is 40.5 Å². The minimum Gasteiger partial charge on any atom is -0.406 e. The number of hydrogen-bond acceptors (Lipinski definition) is 1. The van der Waals surface area contributed by atoms with Crippen molar-refractivity contribution >= 4 is 9.04 Å². The minimum atomic E-state index is -0.998. The Morgan fingerprint density at radius 2 is 1.73 bits per heavy atom. The maximum absolute atomic E-state index is 5.96. The standard InChI is InChI=1S/C13H26OSi/c1-11(2)9-8-10-12(13(3,4)5)14-15(6)7/h11-12,15H,9H2,1-7H3. The van der Waals surface area contributed by atoms with Crippen molar-refractivity contribution in [2.75, 3.05) is 0 Å². The quantitative estimate of drug-likeness (QED) is 0.529. The minimum absolute atomic E-state index is 0.0999. The summed E-state index contributed by atoms with van der Waals surface area (Å²) in [5, 5.41) is 0. The van der Waals surface area contributed by atoms with Crippen molar-refractivity contribution < 1.29 is 4.43 Å². The molecule has 0 aliphatic carbocycles. The molecule has 0 heterocycles. The van der Waals surface area contributed by atoms with E-state index in [1.165, 1.54) is 0 Å². The average molecular weight is 226 g/mol. The lowest BCUT2D eigenvalue weighted by molar-refractivity contribution is 0.137. The summed E-state index contributed by atoms with van der Waals surface area (Å²) in [5.41, 5.74) is 0.126.